The predicted octanol–water partition coefficient (Wildman–Crippen LogP) is 6.45. The Bertz CT molecular complexity index is 1760. The zero-order valence-corrected chi connectivity index (χ0v) is 21.9. The van der Waals surface area contributed by atoms with Crippen molar-refractivity contribution in [1.29, 1.82) is 5.26 Å². The number of nitriles is 1. The number of aromatic nitrogens is 2. The summed E-state index contributed by atoms with van der Waals surface area (Å²) >= 11 is 12.5. The normalized spacial score (nSPS) is 16.6. The third-order valence-corrected chi connectivity index (χ3v) is 7.00. The summed E-state index contributed by atoms with van der Waals surface area (Å²) in [5.74, 6) is -2.67. The number of hydrogen-bond acceptors (Lipinski definition) is 8. The first-order chi connectivity index (χ1) is 19.7. The van der Waals surface area contributed by atoms with E-state index in [2.05, 4.69) is 31.6 Å². The van der Waals surface area contributed by atoms with Crippen LogP contribution < -0.4 is 21.6 Å². The van der Waals surface area contributed by atoms with E-state index in [0.717, 1.165) is 31.0 Å². The second kappa shape index (κ2) is 10.4. The summed E-state index contributed by atoms with van der Waals surface area (Å²) in [5, 5.41) is 17.5. The van der Waals surface area contributed by atoms with Crippen molar-refractivity contribution in [2.45, 2.75) is 24.9 Å². The number of rotatable bonds is 7. The van der Waals surface area contributed by atoms with E-state index in [9.17, 15) is 19.8 Å². The number of pyridine rings is 2. The molecule has 0 unspecified atom stereocenters. The molecule has 6 rings (SSSR count). The lowest BCUT2D eigenvalue weighted by atomic mass is 10.0. The number of fused-ring (bicyclic) bond motifs is 1. The monoisotopic (exact) mass is 583 g/mol. The Kier molecular flexibility index (Phi) is 6.43. The number of hydrogen-bond donors (Lipinski definition) is 4. The second-order valence-electron chi connectivity index (χ2n) is 9.14. The van der Waals surface area contributed by atoms with Gasteiger partial charge in [0.2, 0.25) is 5.95 Å². The van der Waals surface area contributed by atoms with Gasteiger partial charge in [-0.25, -0.2) is 13.8 Å². The van der Waals surface area contributed by atoms with Gasteiger partial charge in [0.15, 0.2) is 5.82 Å². The fourth-order valence-corrected chi connectivity index (χ4v) is 4.71. The van der Waals surface area contributed by atoms with Crippen molar-refractivity contribution in [2.75, 3.05) is 10.6 Å². The molecule has 1 aliphatic carbocycles. The summed E-state index contributed by atoms with van der Waals surface area (Å²) in [6.45, 7) is 0. The van der Waals surface area contributed by atoms with Gasteiger partial charge in [-0.1, -0.05) is 29.3 Å². The van der Waals surface area contributed by atoms with E-state index in [1.54, 1.807) is 12.3 Å². The quantitative estimate of drug-likeness (QED) is 0.145. The third-order valence-electron chi connectivity index (χ3n) is 6.42. The highest BCUT2D eigenvalue weighted by molar-refractivity contribution is 6.36. The van der Waals surface area contributed by atoms with Crippen molar-refractivity contribution in [3.63, 3.8) is 0 Å². The van der Waals surface area contributed by atoms with Gasteiger partial charge in [-0.2, -0.15) is 9.65 Å². The van der Waals surface area contributed by atoms with Crippen LogP contribution in [0.3, 0.4) is 0 Å². The Morgan fingerprint density at radius 3 is 2.62 bits per heavy atom. The molecular formula is C27H19Cl2F3N8. The SMILES string of the molecule is [2H][C@](Nc1cc(Cl)c2ncc(C#N)c(Nc3c(F)ccc(Cl)c3F)c2c1)(C1=CN(C2CC2)NN1)c1ccc(F)nc1. The molecule has 4 aromatic rings. The predicted molar refractivity (Wildman–Crippen MR) is 146 cm³/mol. The van der Waals surface area contributed by atoms with Crippen molar-refractivity contribution in [3.8, 4) is 6.07 Å². The lowest BCUT2D eigenvalue weighted by molar-refractivity contribution is 0.260. The van der Waals surface area contributed by atoms with Crippen molar-refractivity contribution in [2.24, 2.45) is 0 Å². The van der Waals surface area contributed by atoms with Crippen LogP contribution in [-0.2, 0) is 0 Å². The molecule has 0 radical (unpaired) electrons. The Hall–Kier alpha value is -4.24. The zero-order valence-electron chi connectivity index (χ0n) is 21.4. The Morgan fingerprint density at radius 2 is 1.90 bits per heavy atom. The average molecular weight is 584 g/mol. The van der Waals surface area contributed by atoms with Crippen molar-refractivity contribution in [3.05, 3.63) is 99.4 Å². The maximum atomic E-state index is 14.8. The van der Waals surface area contributed by atoms with Crippen molar-refractivity contribution in [1.82, 2.24) is 25.9 Å². The maximum absolute atomic E-state index is 14.8. The summed E-state index contributed by atoms with van der Waals surface area (Å²) in [6, 6.07) is 8.23. The number of anilines is 3. The van der Waals surface area contributed by atoms with Crippen LogP contribution in [0.4, 0.5) is 30.2 Å². The van der Waals surface area contributed by atoms with E-state index >= 15 is 0 Å². The zero-order chi connectivity index (χ0) is 28.9. The number of nitrogens with one attached hydrogen (secondary N) is 4. The summed E-state index contributed by atoms with van der Waals surface area (Å²) in [5.41, 5.74) is 6.70. The maximum Gasteiger partial charge on any atom is 0.212 e. The molecule has 8 nitrogen and oxygen atoms in total. The number of hydrazine groups is 2. The molecule has 40 heavy (non-hydrogen) atoms. The molecular weight excluding hydrogens is 564 g/mol. The number of nitrogens with zero attached hydrogens (tertiary/aromatic N) is 4. The Labute approximate surface area is 237 Å². The van der Waals surface area contributed by atoms with Gasteiger partial charge < -0.3 is 16.1 Å². The van der Waals surface area contributed by atoms with E-state index in [1.165, 1.54) is 24.5 Å². The van der Waals surface area contributed by atoms with Crippen LogP contribution in [0.15, 0.2) is 60.7 Å². The average Bonchev–Trinajstić information content (AvgIpc) is 3.69. The molecule has 1 atom stereocenters. The number of benzene rings is 2. The molecule has 0 saturated heterocycles. The second-order valence-corrected chi connectivity index (χ2v) is 9.96. The topological polar surface area (TPSA) is 101 Å². The van der Waals surface area contributed by atoms with Gasteiger partial charge in [0.1, 0.15) is 17.6 Å². The van der Waals surface area contributed by atoms with Crippen LogP contribution >= 0.6 is 23.2 Å². The highest BCUT2D eigenvalue weighted by atomic mass is 35.5. The Balaban J connectivity index is 1.48. The van der Waals surface area contributed by atoms with Gasteiger partial charge in [0.25, 0.3) is 0 Å². The summed E-state index contributed by atoms with van der Waals surface area (Å²) in [7, 11) is 0. The van der Waals surface area contributed by atoms with Crippen LogP contribution in [-0.4, -0.2) is 21.0 Å². The first-order valence-electron chi connectivity index (χ1n) is 12.5. The molecule has 202 valence electrons. The molecule has 1 saturated carbocycles. The van der Waals surface area contributed by atoms with Gasteiger partial charge in [-0.05, 0) is 48.7 Å². The first kappa shape index (κ1) is 24.8. The molecule has 3 heterocycles. The molecule has 1 fully saturated rings. The Morgan fingerprint density at radius 1 is 1.07 bits per heavy atom. The third kappa shape index (κ3) is 4.93. The molecule has 2 aliphatic rings. The molecule has 0 spiro atoms. The lowest BCUT2D eigenvalue weighted by Crippen LogP contribution is -2.38. The van der Waals surface area contributed by atoms with E-state index in [1.807, 2.05) is 11.1 Å². The smallest absolute Gasteiger partial charge is 0.212 e. The fourth-order valence-electron chi connectivity index (χ4n) is 4.29. The summed E-state index contributed by atoms with van der Waals surface area (Å²) in [4.78, 5) is 7.98. The minimum absolute atomic E-state index is 0.0196. The minimum Gasteiger partial charge on any atom is -0.373 e. The van der Waals surface area contributed by atoms with Gasteiger partial charge in [-0.15, -0.1) is 5.53 Å². The highest BCUT2D eigenvalue weighted by Crippen LogP contribution is 2.38. The first-order valence-corrected chi connectivity index (χ1v) is 12.8. The minimum atomic E-state index is -1.73. The standard InChI is InChI=1S/C27H19Cl2F3N8/c28-18-4-5-20(30)27(23(18)32)37-24-14(9-33)11-35-26-17(24)7-15(8-19(26)29)36-25(13-1-6-22(31)34-10-13)21-12-40(39-38-21)16-2-3-16/h1,4-8,10-12,16,25,36,38-39H,2-3H2,(H,35,37)/t25-/m1/s1/i25D. The van der Waals surface area contributed by atoms with Crippen LogP contribution in [0.25, 0.3) is 10.9 Å². The van der Waals surface area contributed by atoms with Gasteiger partial charge in [-0.3, -0.25) is 9.99 Å². The van der Waals surface area contributed by atoms with Crippen LogP contribution in [0.1, 0.15) is 31.4 Å². The molecule has 0 bridgehead atoms. The van der Waals surface area contributed by atoms with E-state index in [0.29, 0.717) is 16.9 Å². The van der Waals surface area contributed by atoms with E-state index < -0.39 is 29.3 Å². The number of halogens is 5. The van der Waals surface area contributed by atoms with Crippen LogP contribution in [0.2, 0.25) is 10.0 Å². The molecule has 2 aromatic heterocycles. The molecule has 13 heteroatoms. The van der Waals surface area contributed by atoms with Crippen LogP contribution in [0.5, 0.6) is 0 Å². The van der Waals surface area contributed by atoms with Crippen molar-refractivity contribution < 1.29 is 14.5 Å². The lowest BCUT2D eigenvalue weighted by Gasteiger charge is -2.22. The summed E-state index contributed by atoms with van der Waals surface area (Å²) < 4.78 is 52.6. The molecule has 4 N–H and O–H groups in total. The van der Waals surface area contributed by atoms with Gasteiger partial charge in [0, 0.05) is 35.7 Å². The van der Waals surface area contributed by atoms with Crippen LogP contribution in [0, 0.1) is 28.9 Å². The molecule has 2 aromatic carbocycles. The molecule has 1 aliphatic heterocycles. The highest BCUT2D eigenvalue weighted by Gasteiger charge is 2.32. The van der Waals surface area contributed by atoms with Crippen molar-refractivity contribution >= 4 is 51.2 Å². The van der Waals surface area contributed by atoms with E-state index in [-0.39, 0.29) is 38.2 Å². The van der Waals surface area contributed by atoms with Gasteiger partial charge >= 0.3 is 0 Å². The largest absolute Gasteiger partial charge is 0.373 e. The fraction of sp³-hybridized carbons (Fsp3) is 0.148. The van der Waals surface area contributed by atoms with E-state index in [4.69, 9.17) is 23.2 Å². The molecule has 0 amide bonds. The van der Waals surface area contributed by atoms with Gasteiger partial charge in [0.05, 0.1) is 39.9 Å². The summed E-state index contributed by atoms with van der Waals surface area (Å²) in [6.07, 6.45) is 6.21.